The number of aryl methyl sites for hydroxylation is 1. The van der Waals surface area contributed by atoms with Gasteiger partial charge >= 0.3 is 0 Å². The molecule has 2 fully saturated rings. The van der Waals surface area contributed by atoms with Crippen molar-refractivity contribution in [2.24, 2.45) is 17.8 Å². The molecule has 4 rings (SSSR count). The SMILES string of the molecule is COc1ccc(-c2noc(CCC(=O)N[C@H](C)[C@H]3C[C@H]4CC[C@H]3C4)n2)cc1OC. The molecule has 156 valence electrons. The molecule has 1 aromatic carbocycles. The van der Waals surface area contributed by atoms with E-state index in [1.54, 1.807) is 26.4 Å². The van der Waals surface area contributed by atoms with E-state index in [0.717, 1.165) is 17.4 Å². The molecule has 2 aliphatic rings. The van der Waals surface area contributed by atoms with Crippen LogP contribution in [0.5, 0.6) is 11.5 Å². The highest BCUT2D eigenvalue weighted by Gasteiger charge is 2.42. The molecule has 0 spiro atoms. The molecular formula is C22H29N3O4. The lowest BCUT2D eigenvalue weighted by atomic mass is 9.84. The van der Waals surface area contributed by atoms with Gasteiger partial charge in [-0.1, -0.05) is 11.6 Å². The van der Waals surface area contributed by atoms with E-state index in [1.165, 1.54) is 25.7 Å². The third kappa shape index (κ3) is 4.23. The molecule has 0 unspecified atom stereocenters. The van der Waals surface area contributed by atoms with Gasteiger partial charge in [-0.25, -0.2) is 0 Å². The molecule has 2 aliphatic carbocycles. The van der Waals surface area contributed by atoms with Crippen LogP contribution >= 0.6 is 0 Å². The standard InChI is InChI=1S/C22H29N3O4/c1-13(17-11-14-4-5-15(17)10-14)23-20(26)8-9-21-24-22(25-29-21)16-6-7-18(27-2)19(12-16)28-3/h6-7,12-15,17H,4-5,8-11H2,1-3H3,(H,23,26)/t13-,14+,15+,17-/m1/s1. The second kappa shape index (κ2) is 8.43. The van der Waals surface area contributed by atoms with Crippen LogP contribution in [-0.2, 0) is 11.2 Å². The Bertz CT molecular complexity index is 865. The number of hydrogen-bond acceptors (Lipinski definition) is 6. The highest BCUT2D eigenvalue weighted by Crippen LogP contribution is 2.49. The number of carbonyl (C=O) groups is 1. The van der Waals surface area contributed by atoms with Gasteiger partial charge in [0.15, 0.2) is 11.5 Å². The Morgan fingerprint density at radius 2 is 2.07 bits per heavy atom. The first-order valence-electron chi connectivity index (χ1n) is 10.4. The van der Waals surface area contributed by atoms with Crippen molar-refractivity contribution in [3.05, 3.63) is 24.1 Å². The topological polar surface area (TPSA) is 86.5 Å². The van der Waals surface area contributed by atoms with E-state index in [4.69, 9.17) is 14.0 Å². The molecular weight excluding hydrogens is 370 g/mol. The van der Waals surface area contributed by atoms with Gasteiger partial charge in [-0.2, -0.15) is 4.98 Å². The van der Waals surface area contributed by atoms with E-state index in [-0.39, 0.29) is 11.9 Å². The van der Waals surface area contributed by atoms with Crippen LogP contribution in [0.2, 0.25) is 0 Å². The molecule has 29 heavy (non-hydrogen) atoms. The molecule has 2 aromatic rings. The van der Waals surface area contributed by atoms with Crippen LogP contribution in [0.25, 0.3) is 11.4 Å². The third-order valence-corrected chi connectivity index (χ3v) is 6.50. The Labute approximate surface area is 171 Å². The van der Waals surface area contributed by atoms with Crippen molar-refractivity contribution in [2.45, 2.75) is 51.5 Å². The second-order valence-electron chi connectivity index (χ2n) is 8.28. The molecule has 7 heteroatoms. The quantitative estimate of drug-likeness (QED) is 0.729. The number of rotatable bonds is 8. The van der Waals surface area contributed by atoms with Crippen molar-refractivity contribution in [3.63, 3.8) is 0 Å². The Hall–Kier alpha value is -2.57. The van der Waals surface area contributed by atoms with Crippen LogP contribution in [0.3, 0.4) is 0 Å². The number of hydrogen-bond donors (Lipinski definition) is 1. The number of nitrogens with zero attached hydrogens (tertiary/aromatic N) is 2. The summed E-state index contributed by atoms with van der Waals surface area (Å²) in [7, 11) is 3.17. The predicted octanol–water partition coefficient (Wildman–Crippen LogP) is 3.63. The van der Waals surface area contributed by atoms with Gasteiger partial charge < -0.3 is 19.3 Å². The molecule has 7 nitrogen and oxygen atoms in total. The first kappa shape index (κ1) is 19.7. The van der Waals surface area contributed by atoms with Gasteiger partial charge in [0.25, 0.3) is 0 Å². The fourth-order valence-electron chi connectivity index (χ4n) is 5.01. The Kier molecular flexibility index (Phi) is 5.74. The normalized spacial score (nSPS) is 23.8. The Balaban J connectivity index is 1.31. The number of benzene rings is 1. The van der Waals surface area contributed by atoms with Gasteiger partial charge in [0.2, 0.25) is 17.6 Å². The molecule has 1 heterocycles. The minimum Gasteiger partial charge on any atom is -0.493 e. The zero-order valence-corrected chi connectivity index (χ0v) is 17.3. The molecule has 1 aromatic heterocycles. The largest absolute Gasteiger partial charge is 0.493 e. The first-order chi connectivity index (χ1) is 14.1. The summed E-state index contributed by atoms with van der Waals surface area (Å²) in [5, 5.41) is 7.21. The summed E-state index contributed by atoms with van der Waals surface area (Å²) in [4.78, 5) is 16.8. The molecule has 4 atom stereocenters. The van der Waals surface area contributed by atoms with Crippen molar-refractivity contribution in [1.82, 2.24) is 15.5 Å². The van der Waals surface area contributed by atoms with Crippen LogP contribution in [-0.4, -0.2) is 36.3 Å². The summed E-state index contributed by atoms with van der Waals surface area (Å²) in [5.41, 5.74) is 0.770. The van der Waals surface area contributed by atoms with Gasteiger partial charge in [-0.15, -0.1) is 0 Å². The van der Waals surface area contributed by atoms with Crippen molar-refractivity contribution in [3.8, 4) is 22.9 Å². The lowest BCUT2D eigenvalue weighted by Crippen LogP contribution is -2.40. The van der Waals surface area contributed by atoms with Crippen LogP contribution in [0, 0.1) is 17.8 Å². The van der Waals surface area contributed by atoms with Crippen molar-refractivity contribution >= 4 is 5.91 Å². The summed E-state index contributed by atoms with van der Waals surface area (Å²) >= 11 is 0. The number of methoxy groups -OCH3 is 2. The van der Waals surface area contributed by atoms with Crippen molar-refractivity contribution < 1.29 is 18.8 Å². The lowest BCUT2D eigenvalue weighted by Gasteiger charge is -2.28. The number of amides is 1. The van der Waals surface area contributed by atoms with Gasteiger partial charge in [-0.3, -0.25) is 4.79 Å². The maximum atomic E-state index is 12.4. The monoisotopic (exact) mass is 399 g/mol. The van der Waals surface area contributed by atoms with Crippen LogP contribution in [0.15, 0.2) is 22.7 Å². The number of fused-ring (bicyclic) bond motifs is 2. The third-order valence-electron chi connectivity index (χ3n) is 6.50. The summed E-state index contributed by atoms with van der Waals surface area (Å²) < 4.78 is 15.9. The van der Waals surface area contributed by atoms with Gasteiger partial charge in [0, 0.05) is 24.4 Å². The lowest BCUT2D eigenvalue weighted by molar-refractivity contribution is -0.122. The summed E-state index contributed by atoms with van der Waals surface area (Å²) in [6, 6.07) is 5.69. The van der Waals surface area contributed by atoms with E-state index in [9.17, 15) is 4.79 Å². The van der Waals surface area contributed by atoms with Gasteiger partial charge in [0.1, 0.15) is 0 Å². The number of ether oxygens (including phenoxy) is 2. The zero-order chi connectivity index (χ0) is 20.4. The maximum Gasteiger partial charge on any atom is 0.227 e. The second-order valence-corrected chi connectivity index (χ2v) is 8.28. The van der Waals surface area contributed by atoms with E-state index in [2.05, 4.69) is 22.4 Å². The van der Waals surface area contributed by atoms with Crippen LogP contribution in [0.4, 0.5) is 0 Å². The predicted molar refractivity (Wildman–Crippen MR) is 108 cm³/mol. The Morgan fingerprint density at radius 1 is 1.24 bits per heavy atom. The molecule has 0 saturated heterocycles. The Morgan fingerprint density at radius 3 is 2.76 bits per heavy atom. The zero-order valence-electron chi connectivity index (χ0n) is 17.3. The summed E-state index contributed by atoms with van der Waals surface area (Å²) in [6.07, 6.45) is 6.10. The van der Waals surface area contributed by atoms with Crippen LogP contribution < -0.4 is 14.8 Å². The molecule has 1 N–H and O–H groups in total. The number of carbonyl (C=O) groups excluding carboxylic acids is 1. The van der Waals surface area contributed by atoms with Crippen LogP contribution in [0.1, 0.15) is 44.9 Å². The molecule has 0 aliphatic heterocycles. The van der Waals surface area contributed by atoms with E-state index < -0.39 is 0 Å². The minimum atomic E-state index is 0.0474. The highest BCUT2D eigenvalue weighted by atomic mass is 16.5. The van der Waals surface area contributed by atoms with Crippen molar-refractivity contribution in [1.29, 1.82) is 0 Å². The van der Waals surface area contributed by atoms with Gasteiger partial charge in [-0.05, 0) is 62.1 Å². The fourth-order valence-corrected chi connectivity index (χ4v) is 5.01. The number of nitrogens with one attached hydrogen (secondary N) is 1. The maximum absolute atomic E-state index is 12.4. The van der Waals surface area contributed by atoms with E-state index >= 15 is 0 Å². The summed E-state index contributed by atoms with van der Waals surface area (Å²) in [5.74, 6) is 4.54. The van der Waals surface area contributed by atoms with Crippen molar-refractivity contribution in [2.75, 3.05) is 14.2 Å². The summed E-state index contributed by atoms with van der Waals surface area (Å²) in [6.45, 7) is 2.14. The van der Waals surface area contributed by atoms with Gasteiger partial charge in [0.05, 0.1) is 14.2 Å². The average Bonchev–Trinajstić information content (AvgIpc) is 3.48. The molecule has 0 radical (unpaired) electrons. The smallest absolute Gasteiger partial charge is 0.227 e. The highest BCUT2D eigenvalue weighted by molar-refractivity contribution is 5.76. The van der Waals surface area contributed by atoms with E-state index in [0.29, 0.717) is 42.0 Å². The molecule has 1 amide bonds. The average molecular weight is 399 g/mol. The first-order valence-corrected chi connectivity index (χ1v) is 10.4. The fraction of sp³-hybridized carbons (Fsp3) is 0.591. The minimum absolute atomic E-state index is 0.0474. The molecule has 2 bridgehead atoms. The molecule has 2 saturated carbocycles. The number of aromatic nitrogens is 2. The van der Waals surface area contributed by atoms with E-state index in [1.807, 2.05) is 6.07 Å².